The molecule has 0 saturated carbocycles. The second-order valence-corrected chi connectivity index (χ2v) is 8.86. The number of carbonyl (C=O) groups is 4. The van der Waals surface area contributed by atoms with Gasteiger partial charge in [-0.25, -0.2) is 4.79 Å². The summed E-state index contributed by atoms with van der Waals surface area (Å²) in [6.07, 6.45) is 1.55. The summed E-state index contributed by atoms with van der Waals surface area (Å²) in [4.78, 5) is 50.6. The number of aryl methyl sites for hydroxylation is 2. The van der Waals surface area contributed by atoms with Crippen molar-refractivity contribution < 1.29 is 33.4 Å². The molecule has 2 aromatic rings. The van der Waals surface area contributed by atoms with Crippen molar-refractivity contribution in [2.24, 2.45) is 0 Å². The Morgan fingerprint density at radius 2 is 1.78 bits per heavy atom. The Morgan fingerprint density at radius 1 is 1.00 bits per heavy atom. The van der Waals surface area contributed by atoms with Crippen molar-refractivity contribution in [3.63, 3.8) is 0 Å². The van der Waals surface area contributed by atoms with Crippen LogP contribution in [0.5, 0.6) is 11.5 Å². The predicted octanol–water partition coefficient (Wildman–Crippen LogP) is 4.32. The van der Waals surface area contributed by atoms with Crippen molar-refractivity contribution in [1.29, 1.82) is 0 Å². The monoisotopic (exact) mass is 512 g/mol. The second-order valence-electron chi connectivity index (χ2n) is 7.87. The molecule has 1 aliphatic rings. The van der Waals surface area contributed by atoms with Gasteiger partial charge >= 0.3 is 5.97 Å². The number of imide groups is 1. The average molecular weight is 513 g/mol. The fraction of sp³-hybridized carbons (Fsp3) is 0.308. The fourth-order valence-electron chi connectivity index (χ4n) is 3.33. The first-order valence-corrected chi connectivity index (χ1v) is 12.2. The summed E-state index contributed by atoms with van der Waals surface area (Å²) in [5.41, 5.74) is 3.08. The first kappa shape index (κ1) is 26.8. The molecule has 10 heteroatoms. The van der Waals surface area contributed by atoms with E-state index in [1.807, 2.05) is 32.0 Å². The lowest BCUT2D eigenvalue weighted by molar-refractivity contribution is -0.145. The molecule has 1 saturated heterocycles. The smallest absolute Gasteiger partial charge is 0.344 e. The second kappa shape index (κ2) is 12.3. The minimum absolute atomic E-state index is 0.183. The highest BCUT2D eigenvalue weighted by atomic mass is 32.2. The van der Waals surface area contributed by atoms with Crippen LogP contribution in [0.4, 0.5) is 10.5 Å². The molecule has 0 unspecified atom stereocenters. The summed E-state index contributed by atoms with van der Waals surface area (Å²) >= 11 is 0.759. The first-order chi connectivity index (χ1) is 17.2. The fourth-order valence-corrected chi connectivity index (χ4v) is 4.17. The van der Waals surface area contributed by atoms with E-state index in [2.05, 4.69) is 5.32 Å². The normalized spacial score (nSPS) is 14.2. The van der Waals surface area contributed by atoms with Crippen LogP contribution in [0.1, 0.15) is 30.5 Å². The van der Waals surface area contributed by atoms with Gasteiger partial charge in [0.15, 0.2) is 18.1 Å². The Balaban J connectivity index is 1.71. The third kappa shape index (κ3) is 6.88. The van der Waals surface area contributed by atoms with E-state index in [0.717, 1.165) is 27.8 Å². The molecule has 3 amide bonds. The van der Waals surface area contributed by atoms with Crippen LogP contribution < -0.4 is 14.8 Å². The van der Waals surface area contributed by atoms with Crippen molar-refractivity contribution in [3.05, 3.63) is 58.0 Å². The molecule has 0 aromatic heterocycles. The number of hydrogen-bond donors (Lipinski definition) is 1. The Labute approximate surface area is 213 Å². The van der Waals surface area contributed by atoms with Gasteiger partial charge in [-0.3, -0.25) is 19.3 Å². The third-order valence-electron chi connectivity index (χ3n) is 5.06. The molecule has 0 radical (unpaired) electrons. The van der Waals surface area contributed by atoms with Crippen LogP contribution in [0.25, 0.3) is 6.08 Å². The van der Waals surface area contributed by atoms with E-state index in [9.17, 15) is 19.2 Å². The molecule has 0 atom stereocenters. The van der Waals surface area contributed by atoms with Gasteiger partial charge in [-0.15, -0.1) is 0 Å². The van der Waals surface area contributed by atoms with E-state index in [1.54, 1.807) is 38.1 Å². The van der Waals surface area contributed by atoms with Gasteiger partial charge in [0.05, 0.1) is 18.1 Å². The van der Waals surface area contributed by atoms with E-state index in [-0.39, 0.29) is 24.7 Å². The van der Waals surface area contributed by atoms with Gasteiger partial charge in [-0.2, -0.15) is 0 Å². The number of carbonyl (C=O) groups excluding carboxylic acids is 4. The number of hydrogen-bond acceptors (Lipinski definition) is 8. The number of rotatable bonds is 10. The zero-order valence-corrected chi connectivity index (χ0v) is 21.4. The first-order valence-electron chi connectivity index (χ1n) is 11.4. The highest BCUT2D eigenvalue weighted by molar-refractivity contribution is 8.18. The van der Waals surface area contributed by atoms with E-state index in [4.69, 9.17) is 14.2 Å². The molecule has 0 aliphatic carbocycles. The number of esters is 1. The number of nitrogens with zero attached hydrogens (tertiary/aromatic N) is 1. The van der Waals surface area contributed by atoms with Crippen LogP contribution in [0, 0.1) is 13.8 Å². The molecule has 190 valence electrons. The zero-order valence-electron chi connectivity index (χ0n) is 20.6. The van der Waals surface area contributed by atoms with Crippen LogP contribution in [-0.4, -0.2) is 54.3 Å². The molecular weight excluding hydrogens is 484 g/mol. The van der Waals surface area contributed by atoms with Crippen molar-refractivity contribution >= 4 is 46.5 Å². The summed E-state index contributed by atoms with van der Waals surface area (Å²) in [5, 5.41) is 2.24. The van der Waals surface area contributed by atoms with Crippen LogP contribution in [0.15, 0.2) is 41.3 Å². The van der Waals surface area contributed by atoms with E-state index in [1.165, 1.54) is 0 Å². The van der Waals surface area contributed by atoms with Crippen LogP contribution in [0.3, 0.4) is 0 Å². The van der Waals surface area contributed by atoms with Crippen molar-refractivity contribution in [3.8, 4) is 11.5 Å². The molecule has 0 bridgehead atoms. The maximum Gasteiger partial charge on any atom is 0.344 e. The molecule has 36 heavy (non-hydrogen) atoms. The van der Waals surface area contributed by atoms with Gasteiger partial charge in [0, 0.05) is 5.69 Å². The summed E-state index contributed by atoms with van der Waals surface area (Å²) in [6.45, 7) is 7.23. The molecule has 1 heterocycles. The summed E-state index contributed by atoms with van der Waals surface area (Å²) in [6, 6.07) is 10.6. The molecule has 3 rings (SSSR count). The number of amides is 3. The van der Waals surface area contributed by atoms with Gasteiger partial charge in [0.25, 0.3) is 11.1 Å². The molecule has 1 fully saturated rings. The van der Waals surface area contributed by atoms with E-state index < -0.39 is 23.0 Å². The Kier molecular flexibility index (Phi) is 9.13. The molecule has 1 N–H and O–H groups in total. The quantitative estimate of drug-likeness (QED) is 0.370. The molecule has 2 aromatic carbocycles. The number of anilines is 1. The van der Waals surface area contributed by atoms with Gasteiger partial charge in [0.2, 0.25) is 5.91 Å². The summed E-state index contributed by atoms with van der Waals surface area (Å²) in [5.74, 6) is -0.795. The number of thioether (sulfide) groups is 1. The average Bonchev–Trinajstić information content (AvgIpc) is 3.08. The van der Waals surface area contributed by atoms with Crippen LogP contribution >= 0.6 is 11.8 Å². The van der Waals surface area contributed by atoms with Crippen LogP contribution in [-0.2, 0) is 19.1 Å². The van der Waals surface area contributed by atoms with Gasteiger partial charge < -0.3 is 19.5 Å². The van der Waals surface area contributed by atoms with Crippen LogP contribution in [0.2, 0.25) is 0 Å². The summed E-state index contributed by atoms with van der Waals surface area (Å²) < 4.78 is 16.0. The Bertz CT molecular complexity index is 1210. The maximum atomic E-state index is 12.9. The molecular formula is C26H28N2O7S. The standard InChI is InChI=1S/C26H28N2O7S/c1-5-33-21-12-18(9-10-20(21)35-15-24(30)34-6-2)13-22-25(31)28(26(32)36-22)14-23(29)27-19-11-16(3)7-8-17(19)4/h7-13H,5-6,14-15H2,1-4H3,(H,27,29)/b22-13-. The van der Waals surface area contributed by atoms with Gasteiger partial charge in [-0.05, 0) is 80.4 Å². The number of benzene rings is 2. The molecule has 9 nitrogen and oxygen atoms in total. The van der Waals surface area contributed by atoms with E-state index >= 15 is 0 Å². The lowest BCUT2D eigenvalue weighted by Crippen LogP contribution is -2.36. The van der Waals surface area contributed by atoms with Crippen molar-refractivity contribution in [1.82, 2.24) is 4.90 Å². The zero-order chi connectivity index (χ0) is 26.2. The van der Waals surface area contributed by atoms with Gasteiger partial charge in [-0.1, -0.05) is 18.2 Å². The number of nitrogens with one attached hydrogen (secondary N) is 1. The third-order valence-corrected chi connectivity index (χ3v) is 5.97. The lowest BCUT2D eigenvalue weighted by atomic mass is 10.1. The lowest BCUT2D eigenvalue weighted by Gasteiger charge is -2.14. The minimum atomic E-state index is -0.554. The van der Waals surface area contributed by atoms with Crippen molar-refractivity contribution in [2.75, 3.05) is 31.7 Å². The van der Waals surface area contributed by atoms with E-state index in [0.29, 0.717) is 29.4 Å². The SMILES string of the molecule is CCOC(=O)COc1ccc(/C=C2\SC(=O)N(CC(=O)Nc3cc(C)ccc3C)C2=O)cc1OCC. The summed E-state index contributed by atoms with van der Waals surface area (Å²) in [7, 11) is 0. The topological polar surface area (TPSA) is 111 Å². The highest BCUT2D eigenvalue weighted by Gasteiger charge is 2.36. The van der Waals surface area contributed by atoms with Crippen molar-refractivity contribution in [2.45, 2.75) is 27.7 Å². The number of ether oxygens (including phenoxy) is 3. The largest absolute Gasteiger partial charge is 0.490 e. The highest BCUT2D eigenvalue weighted by Crippen LogP contribution is 2.34. The molecule has 1 aliphatic heterocycles. The van der Waals surface area contributed by atoms with Gasteiger partial charge in [0.1, 0.15) is 6.54 Å². The molecule has 0 spiro atoms. The Hall–Kier alpha value is -3.79. The maximum absolute atomic E-state index is 12.9. The Morgan fingerprint density at radius 3 is 2.50 bits per heavy atom. The minimum Gasteiger partial charge on any atom is -0.490 e. The predicted molar refractivity (Wildman–Crippen MR) is 137 cm³/mol.